The zero-order chi connectivity index (χ0) is 15.7. The van der Waals surface area contributed by atoms with Crippen LogP contribution in [0.15, 0.2) is 29.2 Å². The Morgan fingerprint density at radius 1 is 1.19 bits per heavy atom. The van der Waals surface area contributed by atoms with Crippen molar-refractivity contribution in [1.82, 2.24) is 4.31 Å². The van der Waals surface area contributed by atoms with Crippen molar-refractivity contribution in [2.45, 2.75) is 42.9 Å². The standard InChI is InChI=1S/C13H17F3N2O2S/c14-13(15,16)10-5-4-6-11(9-10)21(19,20)18-8-3-1-2-7-12(18)17/h4-6,9,12H,1-3,7-8,17H2. The second kappa shape index (κ2) is 5.94. The first-order valence-corrected chi connectivity index (χ1v) is 8.11. The Balaban J connectivity index is 2.39. The van der Waals surface area contributed by atoms with E-state index < -0.39 is 27.9 Å². The van der Waals surface area contributed by atoms with E-state index in [9.17, 15) is 21.6 Å². The number of nitrogens with two attached hydrogens (primary N) is 1. The fourth-order valence-corrected chi connectivity index (χ4v) is 4.00. The average molecular weight is 322 g/mol. The molecule has 0 bridgehead atoms. The molecule has 0 amide bonds. The van der Waals surface area contributed by atoms with Crippen molar-refractivity contribution in [2.75, 3.05) is 6.54 Å². The van der Waals surface area contributed by atoms with Gasteiger partial charge in [0.2, 0.25) is 10.0 Å². The maximum Gasteiger partial charge on any atom is 0.416 e. The number of hydrogen-bond donors (Lipinski definition) is 1. The van der Waals surface area contributed by atoms with E-state index >= 15 is 0 Å². The van der Waals surface area contributed by atoms with E-state index in [1.165, 1.54) is 6.07 Å². The lowest BCUT2D eigenvalue weighted by molar-refractivity contribution is -0.137. The summed E-state index contributed by atoms with van der Waals surface area (Å²) in [6.45, 7) is 0.236. The van der Waals surface area contributed by atoms with Crippen molar-refractivity contribution in [3.8, 4) is 0 Å². The van der Waals surface area contributed by atoms with Gasteiger partial charge >= 0.3 is 6.18 Å². The van der Waals surface area contributed by atoms with Crippen LogP contribution in [-0.2, 0) is 16.2 Å². The normalized spacial score (nSPS) is 22.0. The van der Waals surface area contributed by atoms with Gasteiger partial charge in [0.25, 0.3) is 0 Å². The van der Waals surface area contributed by atoms with Crippen molar-refractivity contribution < 1.29 is 21.6 Å². The largest absolute Gasteiger partial charge is 0.416 e. The number of sulfonamides is 1. The summed E-state index contributed by atoms with van der Waals surface area (Å²) in [4.78, 5) is -0.366. The minimum Gasteiger partial charge on any atom is -0.315 e. The number of halogens is 3. The van der Waals surface area contributed by atoms with Crippen LogP contribution in [0.25, 0.3) is 0 Å². The van der Waals surface area contributed by atoms with Crippen LogP contribution < -0.4 is 5.73 Å². The fraction of sp³-hybridized carbons (Fsp3) is 0.538. The van der Waals surface area contributed by atoms with Crippen LogP contribution in [0, 0.1) is 0 Å². The van der Waals surface area contributed by atoms with E-state index in [2.05, 4.69) is 0 Å². The van der Waals surface area contributed by atoms with E-state index in [0.29, 0.717) is 18.9 Å². The molecule has 0 aliphatic carbocycles. The molecule has 2 N–H and O–H groups in total. The molecular weight excluding hydrogens is 305 g/mol. The van der Waals surface area contributed by atoms with Gasteiger partial charge in [-0.25, -0.2) is 8.42 Å². The van der Waals surface area contributed by atoms with Gasteiger partial charge in [-0.3, -0.25) is 0 Å². The predicted octanol–water partition coefficient (Wildman–Crippen LogP) is 2.55. The highest BCUT2D eigenvalue weighted by Gasteiger charge is 2.34. The molecule has 0 spiro atoms. The molecule has 21 heavy (non-hydrogen) atoms. The number of benzene rings is 1. The van der Waals surface area contributed by atoms with Crippen molar-refractivity contribution in [1.29, 1.82) is 0 Å². The molecule has 8 heteroatoms. The molecule has 1 unspecified atom stereocenters. The Morgan fingerprint density at radius 3 is 2.57 bits per heavy atom. The lowest BCUT2D eigenvalue weighted by atomic mass is 10.2. The Hall–Kier alpha value is -1.12. The second-order valence-corrected chi connectivity index (χ2v) is 6.95. The molecule has 0 radical (unpaired) electrons. The third kappa shape index (κ3) is 3.56. The summed E-state index contributed by atoms with van der Waals surface area (Å²) in [5.41, 5.74) is 4.87. The second-order valence-electron chi connectivity index (χ2n) is 5.06. The van der Waals surface area contributed by atoms with Crippen molar-refractivity contribution in [2.24, 2.45) is 5.73 Å². The summed E-state index contributed by atoms with van der Waals surface area (Å²) < 4.78 is 64.2. The molecule has 1 saturated heterocycles. The maximum atomic E-state index is 12.7. The van der Waals surface area contributed by atoms with Crippen LogP contribution in [0.4, 0.5) is 13.2 Å². The van der Waals surface area contributed by atoms with Gasteiger partial charge in [-0.05, 0) is 31.0 Å². The molecule has 1 aliphatic heterocycles. The van der Waals surface area contributed by atoms with Crippen LogP contribution in [0.5, 0.6) is 0 Å². The van der Waals surface area contributed by atoms with Crippen molar-refractivity contribution in [3.05, 3.63) is 29.8 Å². The summed E-state index contributed by atoms with van der Waals surface area (Å²) in [6, 6.07) is 3.77. The first kappa shape index (κ1) is 16.3. The predicted molar refractivity (Wildman–Crippen MR) is 71.8 cm³/mol. The molecule has 4 nitrogen and oxygen atoms in total. The Kier molecular flexibility index (Phi) is 4.60. The molecule has 0 aromatic heterocycles. The van der Waals surface area contributed by atoms with E-state index in [-0.39, 0.29) is 11.4 Å². The monoisotopic (exact) mass is 322 g/mol. The summed E-state index contributed by atoms with van der Waals surface area (Å²) >= 11 is 0. The Bertz CT molecular complexity index is 602. The van der Waals surface area contributed by atoms with Gasteiger partial charge in [-0.2, -0.15) is 17.5 Å². The molecule has 2 rings (SSSR count). The fourth-order valence-electron chi connectivity index (χ4n) is 2.37. The summed E-state index contributed by atoms with van der Waals surface area (Å²) in [5.74, 6) is 0. The Labute approximate surface area is 121 Å². The Morgan fingerprint density at radius 2 is 1.90 bits per heavy atom. The topological polar surface area (TPSA) is 63.4 Å². The third-order valence-corrected chi connectivity index (χ3v) is 5.44. The maximum absolute atomic E-state index is 12.7. The van der Waals surface area contributed by atoms with E-state index in [0.717, 1.165) is 29.3 Å². The molecule has 1 aliphatic rings. The van der Waals surface area contributed by atoms with Crippen LogP contribution in [0.3, 0.4) is 0 Å². The molecule has 1 fully saturated rings. The van der Waals surface area contributed by atoms with Crippen LogP contribution in [0.1, 0.15) is 31.2 Å². The van der Waals surface area contributed by atoms with Gasteiger partial charge < -0.3 is 5.73 Å². The molecule has 118 valence electrons. The molecule has 1 aromatic carbocycles. The van der Waals surface area contributed by atoms with Crippen LogP contribution >= 0.6 is 0 Å². The quantitative estimate of drug-likeness (QED) is 0.910. The van der Waals surface area contributed by atoms with Gasteiger partial charge in [0, 0.05) is 6.54 Å². The summed E-state index contributed by atoms with van der Waals surface area (Å²) in [6.07, 6.45) is -2.42. The highest BCUT2D eigenvalue weighted by atomic mass is 32.2. The van der Waals surface area contributed by atoms with Gasteiger partial charge in [0.1, 0.15) is 0 Å². The minimum atomic E-state index is -4.58. The SMILES string of the molecule is NC1CCCCCN1S(=O)(=O)c1cccc(C(F)(F)F)c1. The third-order valence-electron chi connectivity index (χ3n) is 3.52. The number of nitrogens with zero attached hydrogens (tertiary/aromatic N) is 1. The van der Waals surface area contributed by atoms with Crippen molar-refractivity contribution in [3.63, 3.8) is 0 Å². The number of rotatable bonds is 2. The van der Waals surface area contributed by atoms with Gasteiger partial charge in [-0.15, -0.1) is 0 Å². The molecule has 1 atom stereocenters. The first-order chi connectivity index (χ1) is 9.73. The van der Waals surface area contributed by atoms with Crippen LogP contribution in [-0.4, -0.2) is 25.4 Å². The lowest BCUT2D eigenvalue weighted by Crippen LogP contribution is -2.45. The zero-order valence-electron chi connectivity index (χ0n) is 11.3. The first-order valence-electron chi connectivity index (χ1n) is 6.67. The molecule has 0 saturated carbocycles. The molecular formula is C13H17F3N2O2S. The number of hydrogen-bond acceptors (Lipinski definition) is 3. The van der Waals surface area contributed by atoms with E-state index in [1.54, 1.807) is 0 Å². The number of alkyl halides is 3. The smallest absolute Gasteiger partial charge is 0.315 e. The molecule has 1 heterocycles. The lowest BCUT2D eigenvalue weighted by Gasteiger charge is -2.26. The van der Waals surface area contributed by atoms with Crippen molar-refractivity contribution >= 4 is 10.0 Å². The van der Waals surface area contributed by atoms with E-state index in [4.69, 9.17) is 5.73 Å². The van der Waals surface area contributed by atoms with Gasteiger partial charge in [0.15, 0.2) is 0 Å². The highest BCUT2D eigenvalue weighted by molar-refractivity contribution is 7.89. The minimum absolute atomic E-state index is 0.236. The molecule has 1 aromatic rings. The van der Waals surface area contributed by atoms with Gasteiger partial charge in [0.05, 0.1) is 16.6 Å². The zero-order valence-corrected chi connectivity index (χ0v) is 12.1. The average Bonchev–Trinajstić information content (AvgIpc) is 2.63. The highest BCUT2D eigenvalue weighted by Crippen LogP contribution is 2.31. The van der Waals surface area contributed by atoms with Gasteiger partial charge in [-0.1, -0.05) is 18.9 Å². The van der Waals surface area contributed by atoms with Crippen LogP contribution in [0.2, 0.25) is 0 Å². The van der Waals surface area contributed by atoms with E-state index in [1.807, 2.05) is 0 Å². The summed E-state index contributed by atoms with van der Waals surface area (Å²) in [7, 11) is -4.01. The summed E-state index contributed by atoms with van der Waals surface area (Å²) in [5, 5.41) is 0.